The van der Waals surface area contributed by atoms with Gasteiger partial charge in [0.1, 0.15) is 11.9 Å². The Morgan fingerprint density at radius 2 is 1.77 bits per heavy atom. The molecule has 2 aromatic rings. The van der Waals surface area contributed by atoms with Gasteiger partial charge in [0.05, 0.1) is 11.5 Å². The van der Waals surface area contributed by atoms with Gasteiger partial charge >= 0.3 is 5.97 Å². The maximum absolute atomic E-state index is 12.9. The van der Waals surface area contributed by atoms with Crippen molar-refractivity contribution in [1.29, 1.82) is 0 Å². The number of carbonyl (C=O) groups excluding carboxylic acids is 1. The molecule has 0 saturated heterocycles. The molecule has 2 heterocycles. The quantitative estimate of drug-likeness (QED) is 0.614. The lowest BCUT2D eigenvalue weighted by Crippen LogP contribution is -2.48. The van der Waals surface area contributed by atoms with Crippen LogP contribution in [-0.4, -0.2) is 45.2 Å². The first-order valence-corrected chi connectivity index (χ1v) is 10.0. The largest absolute Gasteiger partial charge is 0.485 e. The summed E-state index contributed by atoms with van der Waals surface area (Å²) in [4.78, 5) is 17.0. The summed E-state index contributed by atoms with van der Waals surface area (Å²) < 4.78 is 12.7. The molecule has 2 aromatic carbocycles. The lowest BCUT2D eigenvalue weighted by molar-refractivity contribution is -0.0420. The highest BCUT2D eigenvalue weighted by Gasteiger charge is 2.58. The fraction of sp³-hybridized carbons (Fsp3) is 0.292. The highest BCUT2D eigenvalue weighted by Crippen LogP contribution is 2.56. The number of hydrogen-bond acceptors (Lipinski definition) is 6. The standard InChI is InChI=1S/C24H25N3O3/c1-26(2)15-6-9-19-21(12-15)29-22-13-16(27(3)4)7-10-20(22)24(19)18-8-5-14(25)11-17(18)23(28)30-24/h5-13,19,21H,25H2,1-4H3/t19-,21+,24-/m1/s1. The van der Waals surface area contributed by atoms with Gasteiger partial charge in [0.25, 0.3) is 0 Å². The fourth-order valence-corrected chi connectivity index (χ4v) is 4.69. The smallest absolute Gasteiger partial charge is 0.339 e. The van der Waals surface area contributed by atoms with Crippen LogP contribution in [0.25, 0.3) is 0 Å². The van der Waals surface area contributed by atoms with Gasteiger partial charge in [-0.1, -0.05) is 12.1 Å². The number of nitrogens with zero attached hydrogens (tertiary/aromatic N) is 2. The van der Waals surface area contributed by atoms with Crippen molar-refractivity contribution in [3.8, 4) is 5.75 Å². The van der Waals surface area contributed by atoms with Gasteiger partial charge in [-0.3, -0.25) is 0 Å². The van der Waals surface area contributed by atoms with Crippen LogP contribution < -0.4 is 15.4 Å². The summed E-state index contributed by atoms with van der Waals surface area (Å²) in [5.41, 5.74) is 9.87. The number of allylic oxidation sites excluding steroid dienone is 1. The fourth-order valence-electron chi connectivity index (χ4n) is 4.69. The lowest BCUT2D eigenvalue weighted by Gasteiger charge is -2.45. The van der Waals surface area contributed by atoms with Gasteiger partial charge in [-0.2, -0.15) is 0 Å². The molecule has 6 nitrogen and oxygen atoms in total. The first-order valence-electron chi connectivity index (χ1n) is 10.0. The maximum atomic E-state index is 12.9. The Kier molecular flexibility index (Phi) is 3.90. The molecule has 154 valence electrons. The predicted octanol–water partition coefficient (Wildman–Crippen LogP) is 3.14. The highest BCUT2D eigenvalue weighted by molar-refractivity contribution is 5.97. The number of ether oxygens (including phenoxy) is 2. The Balaban J connectivity index is 1.77. The molecule has 3 aliphatic rings. The van der Waals surface area contributed by atoms with Gasteiger partial charge in [-0.15, -0.1) is 0 Å². The summed E-state index contributed by atoms with van der Waals surface area (Å²) >= 11 is 0. The van der Waals surface area contributed by atoms with E-state index in [9.17, 15) is 4.79 Å². The molecule has 0 fully saturated rings. The summed E-state index contributed by atoms with van der Waals surface area (Å²) in [6.45, 7) is 0. The maximum Gasteiger partial charge on any atom is 0.339 e. The molecule has 2 N–H and O–H groups in total. The Hall–Kier alpha value is -3.41. The number of anilines is 2. The van der Waals surface area contributed by atoms with Gasteiger partial charge in [-0.25, -0.2) is 4.79 Å². The number of benzene rings is 2. The van der Waals surface area contributed by atoms with Crippen LogP contribution >= 0.6 is 0 Å². The summed E-state index contributed by atoms with van der Waals surface area (Å²) in [5.74, 6) is 0.189. The van der Waals surface area contributed by atoms with E-state index in [0.717, 1.165) is 28.3 Å². The van der Waals surface area contributed by atoms with E-state index in [-0.39, 0.29) is 18.0 Å². The average Bonchev–Trinajstić information content (AvgIpc) is 2.99. The molecule has 0 saturated carbocycles. The van der Waals surface area contributed by atoms with Crippen LogP contribution in [0.1, 0.15) is 21.5 Å². The lowest BCUT2D eigenvalue weighted by atomic mass is 9.70. The van der Waals surface area contributed by atoms with E-state index in [1.807, 2.05) is 68.3 Å². The van der Waals surface area contributed by atoms with Gasteiger partial charge in [0.2, 0.25) is 0 Å². The molecular formula is C24H25N3O3. The number of nitrogen functional groups attached to an aromatic ring is 1. The monoisotopic (exact) mass is 403 g/mol. The normalized spacial score (nSPS) is 25.6. The number of carbonyl (C=O) groups is 1. The van der Waals surface area contributed by atoms with Crippen molar-refractivity contribution in [2.45, 2.75) is 11.7 Å². The van der Waals surface area contributed by atoms with E-state index in [2.05, 4.69) is 18.2 Å². The van der Waals surface area contributed by atoms with Crippen molar-refractivity contribution in [2.75, 3.05) is 38.8 Å². The Morgan fingerprint density at radius 3 is 2.50 bits per heavy atom. The molecule has 2 aliphatic heterocycles. The van der Waals surface area contributed by atoms with Crippen LogP contribution in [0.5, 0.6) is 5.75 Å². The molecule has 0 aromatic heterocycles. The Bertz CT molecular complexity index is 1120. The van der Waals surface area contributed by atoms with Crippen LogP contribution in [0.2, 0.25) is 0 Å². The van der Waals surface area contributed by atoms with Crippen molar-refractivity contribution in [3.63, 3.8) is 0 Å². The van der Waals surface area contributed by atoms with Gasteiger partial charge in [-0.05, 0) is 36.4 Å². The predicted molar refractivity (Wildman–Crippen MR) is 117 cm³/mol. The van der Waals surface area contributed by atoms with Crippen molar-refractivity contribution in [2.24, 2.45) is 5.92 Å². The molecule has 6 heteroatoms. The number of nitrogens with two attached hydrogens (primary N) is 1. The third-order valence-corrected chi connectivity index (χ3v) is 6.21. The topological polar surface area (TPSA) is 68.0 Å². The highest BCUT2D eigenvalue weighted by atomic mass is 16.6. The summed E-state index contributed by atoms with van der Waals surface area (Å²) in [6, 6.07) is 11.5. The molecular weight excluding hydrogens is 378 g/mol. The van der Waals surface area contributed by atoms with E-state index in [1.165, 1.54) is 0 Å². The van der Waals surface area contributed by atoms with E-state index in [4.69, 9.17) is 15.2 Å². The molecule has 5 rings (SSSR count). The molecule has 1 spiro atoms. The minimum atomic E-state index is -0.950. The van der Waals surface area contributed by atoms with Crippen molar-refractivity contribution in [1.82, 2.24) is 4.90 Å². The number of fused-ring (bicyclic) bond motifs is 6. The molecule has 0 radical (unpaired) electrons. The summed E-state index contributed by atoms with van der Waals surface area (Å²) in [5, 5.41) is 0. The van der Waals surface area contributed by atoms with E-state index in [0.29, 0.717) is 11.3 Å². The second-order valence-electron chi connectivity index (χ2n) is 8.46. The van der Waals surface area contributed by atoms with E-state index >= 15 is 0 Å². The number of esters is 1. The van der Waals surface area contributed by atoms with Crippen LogP contribution in [0.4, 0.5) is 11.4 Å². The van der Waals surface area contributed by atoms with E-state index < -0.39 is 5.60 Å². The molecule has 1 aliphatic carbocycles. The summed E-state index contributed by atoms with van der Waals surface area (Å²) in [7, 11) is 7.98. The van der Waals surface area contributed by atoms with Crippen LogP contribution in [-0.2, 0) is 10.3 Å². The zero-order chi connectivity index (χ0) is 21.2. The van der Waals surface area contributed by atoms with E-state index in [1.54, 1.807) is 6.07 Å². The first kappa shape index (κ1) is 18.6. The minimum Gasteiger partial charge on any atom is -0.485 e. The molecule has 0 unspecified atom stereocenters. The number of rotatable bonds is 2. The first-order chi connectivity index (χ1) is 14.3. The number of hydrogen-bond donors (Lipinski definition) is 1. The van der Waals surface area contributed by atoms with Crippen molar-refractivity contribution in [3.05, 3.63) is 77.0 Å². The average molecular weight is 403 g/mol. The minimum absolute atomic E-state index is 0.187. The Labute approximate surface area is 176 Å². The zero-order valence-electron chi connectivity index (χ0n) is 17.5. The van der Waals surface area contributed by atoms with Gasteiger partial charge in [0.15, 0.2) is 5.60 Å². The van der Waals surface area contributed by atoms with Gasteiger partial charge in [0, 0.05) is 62.5 Å². The third kappa shape index (κ3) is 2.46. The van der Waals surface area contributed by atoms with Crippen LogP contribution in [0, 0.1) is 5.92 Å². The second-order valence-corrected chi connectivity index (χ2v) is 8.46. The second kappa shape index (κ2) is 6.29. The zero-order valence-corrected chi connectivity index (χ0v) is 17.5. The van der Waals surface area contributed by atoms with Gasteiger partial charge < -0.3 is 25.0 Å². The van der Waals surface area contributed by atoms with Crippen LogP contribution in [0.15, 0.2) is 60.3 Å². The number of likely N-dealkylation sites (N-methyl/N-ethyl adjacent to an activating group) is 1. The molecule has 0 bridgehead atoms. The SMILES string of the molecule is CN(C)C1=C[C@@H]2Oc3cc(N(C)C)ccc3[C@]3(OC(=O)c4cc(N)ccc43)[C@@H]2C=C1. The van der Waals surface area contributed by atoms with Crippen LogP contribution in [0.3, 0.4) is 0 Å². The van der Waals surface area contributed by atoms with Crippen molar-refractivity contribution < 1.29 is 14.3 Å². The third-order valence-electron chi connectivity index (χ3n) is 6.21. The summed E-state index contributed by atoms with van der Waals surface area (Å²) in [6.07, 6.45) is 5.99. The molecule has 30 heavy (non-hydrogen) atoms. The molecule has 0 amide bonds. The molecule has 3 atom stereocenters. The Morgan fingerprint density at radius 1 is 1.00 bits per heavy atom. The van der Waals surface area contributed by atoms with Crippen molar-refractivity contribution >= 4 is 17.3 Å².